The number of ether oxygens (including phenoxy) is 4. The standard InChI is InChI=1S/C21H26NO6.HI/c1-11(23)27-18-6-13-4-5-22(3)9-14-7-16-17(26-10-25-16)8-15(14)19(20(13)22)21(18)28-12(2)24;/h7-8,13,18-21H,4-6,9-10H2,1-3H3;1H/q+1;/p-1/t13-,18+,19+,20-,21-,22?;/m1./s1. The van der Waals surface area contributed by atoms with Crippen molar-refractivity contribution in [2.45, 2.75) is 57.4 Å². The third-order valence-corrected chi connectivity index (χ3v) is 6.98. The van der Waals surface area contributed by atoms with Gasteiger partial charge in [-0.3, -0.25) is 9.59 Å². The van der Waals surface area contributed by atoms with Crippen LogP contribution in [0.15, 0.2) is 12.1 Å². The second-order valence-corrected chi connectivity index (χ2v) is 8.79. The number of nitrogens with zero attached hydrogens (tertiary/aromatic N) is 1. The van der Waals surface area contributed by atoms with Crippen molar-refractivity contribution >= 4 is 11.9 Å². The van der Waals surface area contributed by atoms with E-state index in [1.54, 1.807) is 0 Å². The molecule has 6 atom stereocenters. The van der Waals surface area contributed by atoms with Gasteiger partial charge in [-0.05, 0) is 24.1 Å². The summed E-state index contributed by atoms with van der Waals surface area (Å²) in [6, 6.07) is 4.46. The molecule has 2 fully saturated rings. The summed E-state index contributed by atoms with van der Waals surface area (Å²) >= 11 is 0. The lowest BCUT2D eigenvalue weighted by atomic mass is 9.67. The Balaban J connectivity index is 0.00000205. The fraction of sp³-hybridized carbons (Fsp3) is 0.619. The van der Waals surface area contributed by atoms with Gasteiger partial charge < -0.3 is 47.4 Å². The second kappa shape index (κ2) is 7.30. The number of esters is 2. The first-order chi connectivity index (χ1) is 13.4. The van der Waals surface area contributed by atoms with Crippen molar-refractivity contribution in [3.8, 4) is 11.5 Å². The average Bonchev–Trinajstić information content (AvgIpc) is 3.19. The Bertz CT molecular complexity index is 860. The summed E-state index contributed by atoms with van der Waals surface area (Å²) in [4.78, 5) is 23.7. The van der Waals surface area contributed by atoms with E-state index in [0.29, 0.717) is 12.0 Å². The fourth-order valence-electron chi connectivity index (χ4n) is 6.14. The zero-order chi connectivity index (χ0) is 19.6. The van der Waals surface area contributed by atoms with Crippen LogP contribution in [0, 0.1) is 5.92 Å². The van der Waals surface area contributed by atoms with Gasteiger partial charge in [-0.25, -0.2) is 0 Å². The van der Waals surface area contributed by atoms with Crippen molar-refractivity contribution in [2.75, 3.05) is 20.4 Å². The maximum Gasteiger partial charge on any atom is 0.303 e. The summed E-state index contributed by atoms with van der Waals surface area (Å²) in [6.45, 7) is 5.06. The number of carbonyl (C=O) groups excluding carboxylic acids is 2. The van der Waals surface area contributed by atoms with Gasteiger partial charge in [-0.1, -0.05) is 0 Å². The third-order valence-electron chi connectivity index (χ3n) is 6.98. The maximum absolute atomic E-state index is 12.0. The molecule has 0 amide bonds. The summed E-state index contributed by atoms with van der Waals surface area (Å²) in [7, 11) is 2.29. The summed E-state index contributed by atoms with van der Waals surface area (Å²) in [5.74, 6) is 1.23. The van der Waals surface area contributed by atoms with Crippen LogP contribution < -0.4 is 33.5 Å². The Kier molecular flexibility index (Phi) is 5.21. The number of benzene rings is 1. The number of fused-ring (bicyclic) bond motifs is 3. The van der Waals surface area contributed by atoms with Crippen molar-refractivity contribution in [2.24, 2.45) is 5.92 Å². The summed E-state index contributed by atoms with van der Waals surface area (Å²) < 4.78 is 23.6. The summed E-state index contributed by atoms with van der Waals surface area (Å²) in [5, 5.41) is 0. The van der Waals surface area contributed by atoms with E-state index in [4.69, 9.17) is 18.9 Å². The molecule has 1 aromatic rings. The van der Waals surface area contributed by atoms with Crippen LogP contribution in [-0.2, 0) is 25.6 Å². The number of hydrogen-bond donors (Lipinski definition) is 0. The number of hydrogen-bond acceptors (Lipinski definition) is 6. The van der Waals surface area contributed by atoms with E-state index < -0.39 is 12.2 Å². The highest BCUT2D eigenvalue weighted by Gasteiger charge is 2.61. The molecule has 5 rings (SSSR count). The monoisotopic (exact) mass is 515 g/mol. The van der Waals surface area contributed by atoms with Crippen molar-refractivity contribution in [1.29, 1.82) is 0 Å². The minimum absolute atomic E-state index is 0. The van der Waals surface area contributed by atoms with Gasteiger partial charge >= 0.3 is 11.9 Å². The second-order valence-electron chi connectivity index (χ2n) is 8.79. The van der Waals surface area contributed by atoms with E-state index in [-0.39, 0.29) is 48.6 Å². The highest BCUT2D eigenvalue weighted by molar-refractivity contribution is 5.67. The molecular weight excluding hydrogens is 489 g/mol. The first-order valence-corrected chi connectivity index (χ1v) is 9.97. The molecule has 0 N–H and O–H groups in total. The molecule has 1 saturated heterocycles. The van der Waals surface area contributed by atoms with Crippen LogP contribution >= 0.6 is 0 Å². The topological polar surface area (TPSA) is 71.1 Å². The normalized spacial score (nSPS) is 35.8. The van der Waals surface area contributed by atoms with E-state index in [2.05, 4.69) is 13.1 Å². The Morgan fingerprint density at radius 1 is 1.10 bits per heavy atom. The lowest BCUT2D eigenvalue weighted by molar-refractivity contribution is -0.940. The number of likely N-dealkylation sites (N-methyl/N-ethyl adjacent to an activating group) is 1. The van der Waals surface area contributed by atoms with Crippen LogP contribution in [0.25, 0.3) is 0 Å². The lowest BCUT2D eigenvalue weighted by Crippen LogP contribution is -3.00. The molecule has 4 aliphatic rings. The predicted molar refractivity (Wildman–Crippen MR) is 97.7 cm³/mol. The first kappa shape index (κ1) is 20.7. The van der Waals surface area contributed by atoms with Crippen LogP contribution in [0.5, 0.6) is 11.5 Å². The SMILES string of the molecule is CC(=O)O[C@H]1[C@H]2c3cc4c(cc3C[N+]3(C)CC[C@H](C[C@@H]1OC(C)=O)[C@H]23)OCO4.[I-]. The number of carbonyl (C=O) groups is 2. The molecule has 0 bridgehead atoms. The Morgan fingerprint density at radius 2 is 1.79 bits per heavy atom. The van der Waals surface area contributed by atoms with Crippen molar-refractivity contribution in [1.82, 2.24) is 0 Å². The highest BCUT2D eigenvalue weighted by Crippen LogP contribution is 2.55. The minimum Gasteiger partial charge on any atom is -1.00 e. The summed E-state index contributed by atoms with van der Waals surface area (Å²) in [6.07, 6.45) is 0.920. The largest absolute Gasteiger partial charge is 1.00 e. The Hall–Kier alpha value is -1.55. The van der Waals surface area contributed by atoms with E-state index in [0.717, 1.165) is 47.5 Å². The molecule has 3 heterocycles. The van der Waals surface area contributed by atoms with E-state index in [1.807, 2.05) is 6.07 Å². The van der Waals surface area contributed by atoms with Gasteiger partial charge in [0.15, 0.2) is 17.6 Å². The van der Waals surface area contributed by atoms with E-state index in [1.165, 1.54) is 19.4 Å². The molecule has 3 aliphatic heterocycles. The van der Waals surface area contributed by atoms with Crippen LogP contribution in [0.1, 0.15) is 43.7 Å². The Labute approximate surface area is 187 Å². The number of rotatable bonds is 2. The molecule has 1 aliphatic carbocycles. The molecule has 0 spiro atoms. The van der Waals surface area contributed by atoms with Crippen molar-refractivity contribution in [3.05, 3.63) is 23.3 Å². The first-order valence-electron chi connectivity index (χ1n) is 9.97. The predicted octanol–water partition coefficient (Wildman–Crippen LogP) is -0.881. The van der Waals surface area contributed by atoms with Crippen LogP contribution in [0.3, 0.4) is 0 Å². The maximum atomic E-state index is 12.0. The van der Waals surface area contributed by atoms with Crippen LogP contribution in [-0.4, -0.2) is 55.1 Å². The molecule has 1 aromatic carbocycles. The molecular formula is C21H26INO6. The van der Waals surface area contributed by atoms with Crippen molar-refractivity contribution in [3.63, 3.8) is 0 Å². The van der Waals surface area contributed by atoms with Gasteiger partial charge in [-0.15, -0.1) is 0 Å². The van der Waals surface area contributed by atoms with Gasteiger partial charge in [0.05, 0.1) is 19.5 Å². The molecule has 8 heteroatoms. The highest BCUT2D eigenvalue weighted by atomic mass is 127. The van der Waals surface area contributed by atoms with Gasteiger partial charge in [0.2, 0.25) is 6.79 Å². The molecule has 7 nitrogen and oxygen atoms in total. The zero-order valence-electron chi connectivity index (χ0n) is 16.9. The zero-order valence-corrected chi connectivity index (χ0v) is 19.0. The third kappa shape index (κ3) is 3.28. The minimum atomic E-state index is -0.488. The molecule has 0 radical (unpaired) electrons. The fourth-order valence-corrected chi connectivity index (χ4v) is 6.14. The molecule has 0 aromatic heterocycles. The smallest absolute Gasteiger partial charge is 0.303 e. The molecule has 1 saturated carbocycles. The molecule has 29 heavy (non-hydrogen) atoms. The number of quaternary nitrogens is 1. The van der Waals surface area contributed by atoms with E-state index >= 15 is 0 Å². The van der Waals surface area contributed by atoms with Gasteiger partial charge in [0, 0.05) is 31.7 Å². The van der Waals surface area contributed by atoms with Gasteiger partial charge in [0.25, 0.3) is 0 Å². The molecule has 158 valence electrons. The van der Waals surface area contributed by atoms with E-state index in [9.17, 15) is 9.59 Å². The van der Waals surface area contributed by atoms with Gasteiger partial charge in [0.1, 0.15) is 18.7 Å². The Morgan fingerprint density at radius 3 is 2.48 bits per heavy atom. The van der Waals surface area contributed by atoms with Gasteiger partial charge in [-0.2, -0.15) is 0 Å². The average molecular weight is 515 g/mol. The van der Waals surface area contributed by atoms with Crippen LogP contribution in [0.4, 0.5) is 0 Å². The summed E-state index contributed by atoms with van der Waals surface area (Å²) in [5.41, 5.74) is 2.34. The molecule has 1 unspecified atom stereocenters. The van der Waals surface area contributed by atoms with Crippen LogP contribution in [0.2, 0.25) is 0 Å². The lowest BCUT2D eigenvalue weighted by Gasteiger charge is -2.52. The van der Waals surface area contributed by atoms with Crippen molar-refractivity contribution < 1.29 is 57.0 Å². The quantitative estimate of drug-likeness (QED) is 0.290. The number of halogens is 1.